The Morgan fingerprint density at radius 1 is 1.47 bits per heavy atom. The zero-order valence-corrected chi connectivity index (χ0v) is 11.3. The summed E-state index contributed by atoms with van der Waals surface area (Å²) in [5.41, 5.74) is -0.550. The molecule has 0 spiro atoms. The van der Waals surface area contributed by atoms with Gasteiger partial charge in [0, 0.05) is 17.2 Å². The molecular formula is C12H14BrF2NO. The molecule has 0 aliphatic carbocycles. The summed E-state index contributed by atoms with van der Waals surface area (Å²) in [5.74, 6) is -0.983. The van der Waals surface area contributed by atoms with Gasteiger partial charge in [0.1, 0.15) is 17.4 Å². The Morgan fingerprint density at radius 3 is 2.71 bits per heavy atom. The van der Waals surface area contributed by atoms with Gasteiger partial charge < -0.3 is 10.1 Å². The van der Waals surface area contributed by atoms with E-state index in [9.17, 15) is 8.78 Å². The first-order valence-corrected chi connectivity index (χ1v) is 6.26. The lowest BCUT2D eigenvalue weighted by Gasteiger charge is -2.26. The van der Waals surface area contributed by atoms with Crippen LogP contribution in [0.25, 0.3) is 0 Å². The molecule has 1 aliphatic heterocycles. The minimum atomic E-state index is -0.636. The van der Waals surface area contributed by atoms with Crippen LogP contribution in [0.15, 0.2) is 10.5 Å². The third kappa shape index (κ3) is 2.06. The van der Waals surface area contributed by atoms with Gasteiger partial charge in [-0.1, -0.05) is 0 Å². The van der Waals surface area contributed by atoms with Crippen molar-refractivity contribution in [2.24, 2.45) is 0 Å². The van der Waals surface area contributed by atoms with E-state index in [0.717, 1.165) is 19.4 Å². The molecule has 1 aliphatic rings. The summed E-state index contributed by atoms with van der Waals surface area (Å²) in [4.78, 5) is 0. The van der Waals surface area contributed by atoms with Gasteiger partial charge in [-0.05, 0) is 42.2 Å². The number of hydrogen-bond acceptors (Lipinski definition) is 2. The first-order chi connectivity index (χ1) is 7.99. The third-order valence-electron chi connectivity index (χ3n) is 3.27. The Labute approximate surface area is 107 Å². The van der Waals surface area contributed by atoms with Crippen molar-refractivity contribution in [2.75, 3.05) is 13.7 Å². The molecule has 0 amide bonds. The quantitative estimate of drug-likeness (QED) is 0.846. The minimum Gasteiger partial charge on any atom is -0.495 e. The molecule has 1 saturated heterocycles. The number of halogens is 3. The van der Waals surface area contributed by atoms with Crippen LogP contribution in [-0.4, -0.2) is 13.7 Å². The van der Waals surface area contributed by atoms with E-state index in [0.29, 0.717) is 0 Å². The molecule has 1 aromatic carbocycles. The predicted octanol–water partition coefficient (Wildman–Crippen LogP) is 3.33. The van der Waals surface area contributed by atoms with E-state index < -0.39 is 17.2 Å². The molecule has 1 N–H and O–H groups in total. The number of rotatable bonds is 2. The highest BCUT2D eigenvalue weighted by Crippen LogP contribution is 2.39. The van der Waals surface area contributed by atoms with Crippen LogP contribution in [-0.2, 0) is 5.54 Å². The molecule has 0 aromatic heterocycles. The largest absolute Gasteiger partial charge is 0.495 e. The lowest BCUT2D eigenvalue weighted by Crippen LogP contribution is -2.35. The average Bonchev–Trinajstić information content (AvgIpc) is 2.71. The van der Waals surface area contributed by atoms with Gasteiger partial charge in [-0.2, -0.15) is 0 Å². The minimum absolute atomic E-state index is 0.0858. The molecule has 1 heterocycles. The number of benzene rings is 1. The number of nitrogens with one attached hydrogen (secondary N) is 1. The monoisotopic (exact) mass is 305 g/mol. The average molecular weight is 306 g/mol. The van der Waals surface area contributed by atoms with Crippen molar-refractivity contribution in [2.45, 2.75) is 25.3 Å². The smallest absolute Gasteiger partial charge is 0.149 e. The summed E-state index contributed by atoms with van der Waals surface area (Å²) in [5, 5.41) is 3.15. The van der Waals surface area contributed by atoms with Crippen LogP contribution in [0.5, 0.6) is 5.75 Å². The topological polar surface area (TPSA) is 21.3 Å². The Kier molecular flexibility index (Phi) is 3.41. The van der Waals surface area contributed by atoms with Crippen LogP contribution < -0.4 is 10.1 Å². The van der Waals surface area contributed by atoms with Crippen molar-refractivity contribution in [3.05, 3.63) is 27.7 Å². The van der Waals surface area contributed by atoms with Crippen LogP contribution in [0.4, 0.5) is 8.78 Å². The van der Waals surface area contributed by atoms with Gasteiger partial charge in [-0.3, -0.25) is 0 Å². The first kappa shape index (κ1) is 12.8. The fourth-order valence-corrected chi connectivity index (χ4v) is 2.81. The van der Waals surface area contributed by atoms with Crippen molar-refractivity contribution in [1.29, 1.82) is 0 Å². The van der Waals surface area contributed by atoms with Crippen LogP contribution in [0.1, 0.15) is 25.3 Å². The molecule has 0 saturated carbocycles. The normalized spacial score (nSPS) is 24.1. The number of ether oxygens (including phenoxy) is 1. The van der Waals surface area contributed by atoms with E-state index in [1.54, 1.807) is 0 Å². The van der Waals surface area contributed by atoms with Gasteiger partial charge in [0.2, 0.25) is 0 Å². The maximum absolute atomic E-state index is 14.2. The maximum atomic E-state index is 14.2. The number of hydrogen-bond donors (Lipinski definition) is 1. The van der Waals surface area contributed by atoms with Gasteiger partial charge in [0.15, 0.2) is 0 Å². The van der Waals surface area contributed by atoms with Crippen molar-refractivity contribution >= 4 is 15.9 Å². The van der Waals surface area contributed by atoms with Crippen molar-refractivity contribution in [3.8, 4) is 5.75 Å². The highest BCUT2D eigenvalue weighted by Gasteiger charge is 2.36. The summed E-state index contributed by atoms with van der Waals surface area (Å²) in [6.07, 6.45) is 1.64. The van der Waals surface area contributed by atoms with Crippen LogP contribution in [0.3, 0.4) is 0 Å². The summed E-state index contributed by atoms with van der Waals surface area (Å²) >= 11 is 3.10. The fraction of sp³-hybridized carbons (Fsp3) is 0.500. The van der Waals surface area contributed by atoms with Crippen LogP contribution in [0, 0.1) is 11.6 Å². The second-order valence-electron chi connectivity index (χ2n) is 4.43. The fourth-order valence-electron chi connectivity index (χ4n) is 2.34. The highest BCUT2D eigenvalue weighted by atomic mass is 79.9. The summed E-state index contributed by atoms with van der Waals surface area (Å²) in [6.45, 7) is 2.60. The van der Waals surface area contributed by atoms with E-state index >= 15 is 0 Å². The second kappa shape index (κ2) is 4.53. The Balaban J connectivity index is 2.58. The molecule has 0 bridgehead atoms. The number of methoxy groups -OCH3 is 1. The molecular weight excluding hydrogens is 292 g/mol. The Bertz CT molecular complexity index is 445. The van der Waals surface area contributed by atoms with Crippen LogP contribution >= 0.6 is 15.9 Å². The van der Waals surface area contributed by atoms with E-state index in [1.807, 2.05) is 6.92 Å². The standard InChI is InChI=1S/C12H14BrF2NO/c1-12(4-3-5-16-12)9-7(14)6-8(17-2)10(13)11(9)15/h6,16H,3-5H2,1-2H3. The lowest BCUT2D eigenvalue weighted by molar-refractivity contribution is 0.369. The van der Waals surface area contributed by atoms with E-state index in [2.05, 4.69) is 21.2 Å². The lowest BCUT2D eigenvalue weighted by atomic mass is 9.89. The van der Waals surface area contributed by atoms with E-state index in [4.69, 9.17) is 4.74 Å². The summed E-state index contributed by atoms with van der Waals surface area (Å²) in [7, 11) is 1.38. The maximum Gasteiger partial charge on any atom is 0.149 e. The van der Waals surface area contributed by atoms with Gasteiger partial charge in [0.25, 0.3) is 0 Å². The molecule has 0 radical (unpaired) electrons. The highest BCUT2D eigenvalue weighted by molar-refractivity contribution is 9.10. The van der Waals surface area contributed by atoms with E-state index in [1.165, 1.54) is 13.2 Å². The molecule has 2 rings (SSSR count). The van der Waals surface area contributed by atoms with Crippen LogP contribution in [0.2, 0.25) is 0 Å². The molecule has 94 valence electrons. The molecule has 2 nitrogen and oxygen atoms in total. The zero-order valence-electron chi connectivity index (χ0n) is 9.74. The molecule has 17 heavy (non-hydrogen) atoms. The van der Waals surface area contributed by atoms with Gasteiger partial charge in [0.05, 0.1) is 11.6 Å². The summed E-state index contributed by atoms with van der Waals surface area (Å²) in [6, 6.07) is 1.22. The van der Waals surface area contributed by atoms with Gasteiger partial charge >= 0.3 is 0 Å². The molecule has 1 aromatic rings. The second-order valence-corrected chi connectivity index (χ2v) is 5.22. The van der Waals surface area contributed by atoms with E-state index in [-0.39, 0.29) is 15.8 Å². The van der Waals surface area contributed by atoms with Crippen molar-refractivity contribution in [1.82, 2.24) is 5.32 Å². The van der Waals surface area contributed by atoms with Crippen molar-refractivity contribution in [3.63, 3.8) is 0 Å². The molecule has 1 unspecified atom stereocenters. The first-order valence-electron chi connectivity index (χ1n) is 5.46. The van der Waals surface area contributed by atoms with Crippen molar-refractivity contribution < 1.29 is 13.5 Å². The van der Waals surface area contributed by atoms with Gasteiger partial charge in [-0.15, -0.1) is 0 Å². The SMILES string of the molecule is COc1cc(F)c(C2(C)CCCN2)c(F)c1Br. The summed E-state index contributed by atoms with van der Waals surface area (Å²) < 4.78 is 33.3. The molecule has 1 fully saturated rings. The molecule has 1 atom stereocenters. The van der Waals surface area contributed by atoms with Gasteiger partial charge in [-0.25, -0.2) is 8.78 Å². The zero-order chi connectivity index (χ0) is 12.6. The predicted molar refractivity (Wildman–Crippen MR) is 65.2 cm³/mol. The molecule has 5 heteroatoms. The third-order valence-corrected chi connectivity index (χ3v) is 4.00. The Hall–Kier alpha value is -0.680. The Morgan fingerprint density at radius 2 is 2.18 bits per heavy atom.